The van der Waals surface area contributed by atoms with Crippen molar-refractivity contribution >= 4 is 0 Å². The molecule has 0 aliphatic heterocycles. The average molecular weight is 525 g/mol. The standard InChI is InChI=1S/C31H40O7/c1-7-21(2)22-8-10-29(11-9-22)37-20-38-31-27(18-35-5)14-24(15-28(31)19-36-6)23-12-25(16-33-3)30(32)26(13-23)17-34-4/h8-15,21,32H,7,16-20H2,1-6H3. The Hall–Kier alpha value is -3.10. The highest BCUT2D eigenvalue weighted by atomic mass is 16.7. The molecule has 0 amide bonds. The summed E-state index contributed by atoms with van der Waals surface area (Å²) in [6.07, 6.45) is 1.09. The largest absolute Gasteiger partial charge is 0.507 e. The van der Waals surface area contributed by atoms with E-state index in [-0.39, 0.29) is 25.8 Å². The predicted octanol–water partition coefficient (Wildman–Crippen LogP) is 6.57. The molecule has 0 aliphatic rings. The van der Waals surface area contributed by atoms with Gasteiger partial charge in [0.15, 0.2) is 0 Å². The van der Waals surface area contributed by atoms with Crippen LogP contribution in [0.1, 0.15) is 54.0 Å². The SMILES string of the molecule is CCC(C)c1ccc(OCOc2c(COC)cc(-c3cc(COC)c(O)c(COC)c3)cc2COC)cc1. The fourth-order valence-corrected chi connectivity index (χ4v) is 4.37. The normalized spacial score (nSPS) is 11.9. The summed E-state index contributed by atoms with van der Waals surface area (Å²) in [5, 5.41) is 10.7. The third kappa shape index (κ3) is 7.48. The van der Waals surface area contributed by atoms with Gasteiger partial charge in [0.05, 0.1) is 26.4 Å². The molecular weight excluding hydrogens is 484 g/mol. The van der Waals surface area contributed by atoms with Gasteiger partial charge in [0.2, 0.25) is 6.79 Å². The Morgan fingerprint density at radius 1 is 0.658 bits per heavy atom. The highest BCUT2D eigenvalue weighted by Gasteiger charge is 2.17. The third-order valence-electron chi connectivity index (χ3n) is 6.53. The molecule has 0 saturated carbocycles. The van der Waals surface area contributed by atoms with Crippen molar-refractivity contribution in [2.45, 2.75) is 52.6 Å². The van der Waals surface area contributed by atoms with Crippen molar-refractivity contribution in [1.82, 2.24) is 0 Å². The Labute approximate surface area is 226 Å². The fraction of sp³-hybridized carbons (Fsp3) is 0.419. The van der Waals surface area contributed by atoms with E-state index in [0.717, 1.165) is 34.4 Å². The van der Waals surface area contributed by atoms with Crippen molar-refractivity contribution in [2.24, 2.45) is 0 Å². The first-order valence-electron chi connectivity index (χ1n) is 12.8. The molecule has 1 N–H and O–H groups in total. The molecule has 0 bridgehead atoms. The van der Waals surface area contributed by atoms with Crippen molar-refractivity contribution in [2.75, 3.05) is 35.2 Å². The summed E-state index contributed by atoms with van der Waals surface area (Å²) in [6.45, 7) is 5.69. The molecule has 1 atom stereocenters. The molecule has 0 heterocycles. The quantitative estimate of drug-likeness (QED) is 0.225. The van der Waals surface area contributed by atoms with Gasteiger partial charge < -0.3 is 33.5 Å². The second kappa shape index (κ2) is 14.7. The number of phenolic OH excluding ortho intramolecular Hbond substituents is 1. The van der Waals surface area contributed by atoms with Gasteiger partial charge in [-0.05, 0) is 65.4 Å². The molecule has 38 heavy (non-hydrogen) atoms. The van der Waals surface area contributed by atoms with Crippen molar-refractivity contribution in [3.05, 3.63) is 76.3 Å². The zero-order chi connectivity index (χ0) is 27.5. The van der Waals surface area contributed by atoms with Crippen LogP contribution in [0.25, 0.3) is 11.1 Å². The lowest BCUT2D eigenvalue weighted by atomic mass is 9.95. The molecule has 0 spiro atoms. The lowest BCUT2D eigenvalue weighted by Crippen LogP contribution is -2.10. The molecule has 0 radical (unpaired) electrons. The molecule has 7 nitrogen and oxygen atoms in total. The number of methoxy groups -OCH3 is 4. The van der Waals surface area contributed by atoms with Crippen LogP contribution >= 0.6 is 0 Å². The zero-order valence-electron chi connectivity index (χ0n) is 23.3. The van der Waals surface area contributed by atoms with E-state index < -0.39 is 0 Å². The van der Waals surface area contributed by atoms with Crippen molar-refractivity contribution in [3.8, 4) is 28.4 Å². The lowest BCUT2D eigenvalue weighted by Gasteiger charge is -2.19. The summed E-state index contributed by atoms with van der Waals surface area (Å²) in [7, 11) is 6.50. The summed E-state index contributed by atoms with van der Waals surface area (Å²) in [5.74, 6) is 2.11. The number of benzene rings is 3. The van der Waals surface area contributed by atoms with E-state index in [2.05, 4.69) is 26.0 Å². The number of phenols is 1. The molecule has 1 unspecified atom stereocenters. The number of hydrogen-bond donors (Lipinski definition) is 1. The lowest BCUT2D eigenvalue weighted by molar-refractivity contribution is 0.108. The highest BCUT2D eigenvalue weighted by Crippen LogP contribution is 2.36. The van der Waals surface area contributed by atoms with E-state index in [1.54, 1.807) is 28.4 Å². The Bertz CT molecular complexity index is 1100. The molecular formula is C31H40O7. The molecule has 206 valence electrons. The van der Waals surface area contributed by atoms with Crippen LogP contribution in [0.2, 0.25) is 0 Å². The minimum Gasteiger partial charge on any atom is -0.507 e. The maximum Gasteiger partial charge on any atom is 0.230 e. The number of hydrogen-bond acceptors (Lipinski definition) is 7. The van der Waals surface area contributed by atoms with Crippen LogP contribution in [0.15, 0.2) is 48.5 Å². The smallest absolute Gasteiger partial charge is 0.230 e. The van der Waals surface area contributed by atoms with Gasteiger partial charge in [-0.2, -0.15) is 0 Å². The molecule has 3 rings (SSSR count). The van der Waals surface area contributed by atoms with Crippen molar-refractivity contribution in [1.29, 1.82) is 0 Å². The van der Waals surface area contributed by atoms with Crippen molar-refractivity contribution in [3.63, 3.8) is 0 Å². The summed E-state index contributed by atoms with van der Waals surface area (Å²) in [6, 6.07) is 16.0. The van der Waals surface area contributed by atoms with E-state index in [1.165, 1.54) is 5.56 Å². The zero-order valence-corrected chi connectivity index (χ0v) is 23.3. The van der Waals surface area contributed by atoms with Gasteiger partial charge in [-0.1, -0.05) is 26.0 Å². The second-order valence-corrected chi connectivity index (χ2v) is 9.28. The van der Waals surface area contributed by atoms with Crippen LogP contribution in [0, 0.1) is 0 Å². The fourth-order valence-electron chi connectivity index (χ4n) is 4.37. The van der Waals surface area contributed by atoms with Gasteiger partial charge in [-0.25, -0.2) is 0 Å². The third-order valence-corrected chi connectivity index (χ3v) is 6.53. The maximum absolute atomic E-state index is 10.7. The van der Waals surface area contributed by atoms with E-state index in [9.17, 15) is 5.11 Å². The molecule has 0 saturated heterocycles. The van der Waals surface area contributed by atoms with Crippen LogP contribution in [0.4, 0.5) is 0 Å². The number of ether oxygens (including phenoxy) is 6. The van der Waals surface area contributed by atoms with Crippen molar-refractivity contribution < 1.29 is 33.5 Å². The van der Waals surface area contributed by atoms with Gasteiger partial charge in [-0.15, -0.1) is 0 Å². The molecule has 3 aromatic rings. The molecule has 7 heteroatoms. The van der Waals surface area contributed by atoms with Gasteiger partial charge in [-0.3, -0.25) is 0 Å². The van der Waals surface area contributed by atoms with Crippen LogP contribution in [0.5, 0.6) is 17.2 Å². The monoisotopic (exact) mass is 524 g/mol. The van der Waals surface area contributed by atoms with Crippen LogP contribution in [-0.2, 0) is 45.4 Å². The topological polar surface area (TPSA) is 75.6 Å². The molecule has 0 fully saturated rings. The van der Waals surface area contributed by atoms with Crippen LogP contribution in [0.3, 0.4) is 0 Å². The summed E-state index contributed by atoms with van der Waals surface area (Å²) >= 11 is 0. The molecule has 3 aromatic carbocycles. The Morgan fingerprint density at radius 2 is 1.11 bits per heavy atom. The first kappa shape index (κ1) is 29.5. The van der Waals surface area contributed by atoms with Gasteiger partial charge in [0.1, 0.15) is 17.2 Å². The summed E-state index contributed by atoms with van der Waals surface area (Å²) in [4.78, 5) is 0. The van der Waals surface area contributed by atoms with Crippen LogP contribution < -0.4 is 9.47 Å². The molecule has 0 aromatic heterocycles. The summed E-state index contributed by atoms with van der Waals surface area (Å²) < 4.78 is 33.7. The van der Waals surface area contributed by atoms with Gasteiger partial charge in [0.25, 0.3) is 0 Å². The van der Waals surface area contributed by atoms with Gasteiger partial charge >= 0.3 is 0 Å². The molecule has 0 aliphatic carbocycles. The Kier molecular flexibility index (Phi) is 11.4. The number of rotatable bonds is 15. The Balaban J connectivity index is 1.92. The van der Waals surface area contributed by atoms with E-state index in [0.29, 0.717) is 36.0 Å². The average Bonchev–Trinajstić information content (AvgIpc) is 2.92. The number of aromatic hydroxyl groups is 1. The first-order valence-corrected chi connectivity index (χ1v) is 12.8. The predicted molar refractivity (Wildman–Crippen MR) is 148 cm³/mol. The first-order chi connectivity index (χ1) is 18.4. The Morgan fingerprint density at radius 3 is 1.55 bits per heavy atom. The second-order valence-electron chi connectivity index (χ2n) is 9.28. The minimum absolute atomic E-state index is 0.0463. The van der Waals surface area contributed by atoms with E-state index in [1.807, 2.05) is 36.4 Å². The minimum atomic E-state index is 0.0463. The van der Waals surface area contributed by atoms with E-state index >= 15 is 0 Å². The highest BCUT2D eigenvalue weighted by molar-refractivity contribution is 5.70. The van der Waals surface area contributed by atoms with Gasteiger partial charge in [0, 0.05) is 50.7 Å². The van der Waals surface area contributed by atoms with E-state index in [4.69, 9.17) is 28.4 Å². The summed E-state index contributed by atoms with van der Waals surface area (Å²) in [5.41, 5.74) is 6.24. The maximum atomic E-state index is 10.7. The van der Waals surface area contributed by atoms with Crippen LogP contribution in [-0.4, -0.2) is 40.3 Å².